The second-order valence-electron chi connectivity index (χ2n) is 2.92. The van der Waals surface area contributed by atoms with Crippen LogP contribution in [0.15, 0.2) is 24.3 Å². The Kier molecular flexibility index (Phi) is 3.16. The van der Waals surface area contributed by atoms with Crippen molar-refractivity contribution in [3.8, 4) is 0 Å². The number of halogens is 1. The van der Waals surface area contributed by atoms with Gasteiger partial charge in [0.1, 0.15) is 18.0 Å². The molecule has 5 heteroatoms. The maximum Gasteiger partial charge on any atom is 0.149 e. The second kappa shape index (κ2) is 4.17. The molecule has 0 aliphatic rings. The van der Waals surface area contributed by atoms with Gasteiger partial charge in [-0.25, -0.2) is 4.39 Å². The van der Waals surface area contributed by atoms with Gasteiger partial charge < -0.3 is 20.7 Å². The highest BCUT2D eigenvalue weighted by Crippen LogP contribution is 2.12. The lowest BCUT2D eigenvalue weighted by atomic mass is 10.0. The summed E-state index contributed by atoms with van der Waals surface area (Å²) in [5.74, 6) is -2.02. The smallest absolute Gasteiger partial charge is 0.149 e. The normalized spacial score (nSPS) is 14.8. The largest absolute Gasteiger partial charge is 0.547 e. The van der Waals surface area contributed by atoms with Crippen molar-refractivity contribution in [3.63, 3.8) is 0 Å². The van der Waals surface area contributed by atoms with Gasteiger partial charge in [-0.3, -0.25) is 0 Å². The second-order valence-corrected chi connectivity index (χ2v) is 2.92. The maximum atomic E-state index is 12.5. The predicted octanol–water partition coefficient (Wildman–Crippen LogP) is -1.78. The van der Waals surface area contributed by atoms with Crippen LogP contribution in [0.2, 0.25) is 0 Å². The summed E-state index contributed by atoms with van der Waals surface area (Å²) < 4.78 is 12.5. The lowest BCUT2D eigenvalue weighted by molar-refractivity contribution is -0.448. The molecule has 2 atom stereocenters. The topological polar surface area (TPSA) is 88.0 Å². The lowest BCUT2D eigenvalue weighted by Gasteiger charge is -2.16. The molecule has 0 saturated carbocycles. The van der Waals surface area contributed by atoms with Crippen LogP contribution in [0.25, 0.3) is 0 Å². The molecule has 0 aliphatic carbocycles. The molecule has 0 heterocycles. The fraction of sp³-hybridized carbons (Fsp3) is 0.222. The first-order valence-electron chi connectivity index (χ1n) is 4.00. The summed E-state index contributed by atoms with van der Waals surface area (Å²) in [6.45, 7) is 0. The number of carboxylic acids is 1. The molecule has 0 unspecified atom stereocenters. The Labute approximate surface area is 79.8 Å². The average molecular weight is 199 g/mol. The molecule has 4 N–H and O–H groups in total. The van der Waals surface area contributed by atoms with Crippen LogP contribution >= 0.6 is 0 Å². The molecule has 0 radical (unpaired) electrons. The molecular weight excluding hydrogens is 189 g/mol. The molecule has 1 aromatic carbocycles. The number of benzene rings is 1. The number of hydrogen-bond acceptors (Lipinski definition) is 3. The Hall–Kier alpha value is -1.46. The molecule has 1 aromatic rings. The Morgan fingerprint density at radius 3 is 2.36 bits per heavy atom. The standard InChI is InChI=1S/C9H10FNO3/c10-6-3-1-5(2-4-6)7(11)8(12)9(13)14/h1-4,7-8,12H,11H2,(H,13,14)/t7-,8-/m1/s1. The van der Waals surface area contributed by atoms with E-state index in [4.69, 9.17) is 5.11 Å². The summed E-state index contributed by atoms with van der Waals surface area (Å²) in [5, 5.41) is 19.4. The molecule has 0 spiro atoms. The Morgan fingerprint density at radius 2 is 1.93 bits per heavy atom. The van der Waals surface area contributed by atoms with E-state index in [9.17, 15) is 14.3 Å². The third-order valence-electron chi connectivity index (χ3n) is 1.92. The molecule has 4 nitrogen and oxygen atoms in total. The van der Waals surface area contributed by atoms with Gasteiger partial charge in [0.05, 0.1) is 5.97 Å². The van der Waals surface area contributed by atoms with E-state index in [0.717, 1.165) is 0 Å². The molecule has 0 aromatic heterocycles. The van der Waals surface area contributed by atoms with Gasteiger partial charge in [-0.2, -0.15) is 0 Å². The van der Waals surface area contributed by atoms with Crippen molar-refractivity contribution in [1.82, 2.24) is 0 Å². The van der Waals surface area contributed by atoms with Crippen molar-refractivity contribution < 1.29 is 25.1 Å². The van der Waals surface area contributed by atoms with Crippen LogP contribution in [0.1, 0.15) is 11.6 Å². The van der Waals surface area contributed by atoms with Gasteiger partial charge in [0.15, 0.2) is 0 Å². The van der Waals surface area contributed by atoms with E-state index in [1.54, 1.807) is 0 Å². The van der Waals surface area contributed by atoms with Crippen molar-refractivity contribution in [3.05, 3.63) is 35.6 Å². The minimum absolute atomic E-state index is 0.427. The first kappa shape index (κ1) is 10.6. The zero-order valence-electron chi connectivity index (χ0n) is 7.31. The molecule has 14 heavy (non-hydrogen) atoms. The number of aliphatic hydroxyl groups excluding tert-OH is 1. The fourth-order valence-corrected chi connectivity index (χ4v) is 1.06. The van der Waals surface area contributed by atoms with Crippen molar-refractivity contribution in [2.45, 2.75) is 12.1 Å². The summed E-state index contributed by atoms with van der Waals surface area (Å²) >= 11 is 0. The zero-order chi connectivity index (χ0) is 10.7. The molecular formula is C9H10FNO3. The number of quaternary nitrogens is 1. The van der Waals surface area contributed by atoms with E-state index in [-0.39, 0.29) is 0 Å². The van der Waals surface area contributed by atoms with Gasteiger partial charge in [0, 0.05) is 5.56 Å². The maximum absolute atomic E-state index is 12.5. The van der Waals surface area contributed by atoms with Crippen LogP contribution in [0.3, 0.4) is 0 Å². The van der Waals surface area contributed by atoms with Gasteiger partial charge in [-0.1, -0.05) is 12.1 Å². The van der Waals surface area contributed by atoms with Crippen LogP contribution in [0.4, 0.5) is 4.39 Å². The van der Waals surface area contributed by atoms with Gasteiger partial charge in [-0.15, -0.1) is 0 Å². The van der Waals surface area contributed by atoms with E-state index in [1.807, 2.05) is 0 Å². The van der Waals surface area contributed by atoms with Crippen LogP contribution in [-0.2, 0) is 4.79 Å². The highest BCUT2D eigenvalue weighted by molar-refractivity contribution is 5.70. The van der Waals surface area contributed by atoms with Gasteiger partial charge in [-0.05, 0) is 12.1 Å². The first-order valence-corrected chi connectivity index (χ1v) is 4.00. The van der Waals surface area contributed by atoms with Gasteiger partial charge in [0.25, 0.3) is 0 Å². The van der Waals surface area contributed by atoms with Crippen molar-refractivity contribution in [1.29, 1.82) is 0 Å². The molecule has 0 aliphatic heterocycles. The average Bonchev–Trinajstić information content (AvgIpc) is 2.16. The minimum atomic E-state index is -1.68. The number of carbonyl (C=O) groups excluding carboxylic acids is 1. The van der Waals surface area contributed by atoms with Crippen LogP contribution in [-0.4, -0.2) is 17.2 Å². The van der Waals surface area contributed by atoms with Crippen LogP contribution < -0.4 is 10.8 Å². The van der Waals surface area contributed by atoms with E-state index in [1.165, 1.54) is 24.3 Å². The van der Waals surface area contributed by atoms with Gasteiger partial charge in [0.2, 0.25) is 0 Å². The van der Waals surface area contributed by atoms with Crippen molar-refractivity contribution in [2.75, 3.05) is 0 Å². The highest BCUT2D eigenvalue weighted by Gasteiger charge is 2.21. The monoisotopic (exact) mass is 199 g/mol. The molecule has 0 saturated heterocycles. The Bertz CT molecular complexity index is 325. The number of rotatable bonds is 3. The number of carboxylic acid groups (broad SMARTS) is 1. The predicted molar refractivity (Wildman–Crippen MR) is 43.0 cm³/mol. The van der Waals surface area contributed by atoms with Crippen LogP contribution in [0.5, 0.6) is 0 Å². The van der Waals surface area contributed by atoms with Crippen molar-refractivity contribution in [2.24, 2.45) is 0 Å². The lowest BCUT2D eigenvalue weighted by Crippen LogP contribution is -2.62. The summed E-state index contributed by atoms with van der Waals surface area (Å²) in [6.07, 6.45) is -1.68. The quantitative estimate of drug-likeness (QED) is 0.603. The summed E-state index contributed by atoms with van der Waals surface area (Å²) in [6, 6.07) is 4.24. The zero-order valence-corrected chi connectivity index (χ0v) is 7.31. The van der Waals surface area contributed by atoms with Gasteiger partial charge >= 0.3 is 0 Å². The molecule has 0 fully saturated rings. The summed E-state index contributed by atoms with van der Waals surface area (Å²) in [4.78, 5) is 10.3. The van der Waals surface area contributed by atoms with E-state index in [0.29, 0.717) is 5.56 Å². The third-order valence-corrected chi connectivity index (χ3v) is 1.92. The van der Waals surface area contributed by atoms with E-state index < -0.39 is 23.9 Å². The SMILES string of the molecule is [NH3+][C@H](c1ccc(F)cc1)[C@@H](O)C(=O)[O-]. The number of aliphatic hydroxyl groups is 1. The first-order chi connectivity index (χ1) is 6.52. The van der Waals surface area contributed by atoms with Crippen molar-refractivity contribution >= 4 is 5.97 Å². The summed E-state index contributed by atoms with van der Waals surface area (Å²) in [7, 11) is 0. The molecule has 0 bridgehead atoms. The Balaban J connectivity index is 2.84. The number of hydrogen-bond donors (Lipinski definition) is 2. The highest BCUT2D eigenvalue weighted by atomic mass is 19.1. The molecule has 1 rings (SSSR count). The molecule has 76 valence electrons. The minimum Gasteiger partial charge on any atom is -0.547 e. The summed E-state index contributed by atoms with van der Waals surface area (Å²) in [5.41, 5.74) is 3.91. The van der Waals surface area contributed by atoms with E-state index >= 15 is 0 Å². The number of aliphatic carboxylic acids is 1. The third kappa shape index (κ3) is 2.27. The van der Waals surface area contributed by atoms with E-state index in [2.05, 4.69) is 5.73 Å². The van der Waals surface area contributed by atoms with Crippen LogP contribution in [0, 0.1) is 5.82 Å². The number of carbonyl (C=O) groups is 1. The molecule has 0 amide bonds. The Morgan fingerprint density at radius 1 is 1.43 bits per heavy atom. The fourth-order valence-electron chi connectivity index (χ4n) is 1.06.